The van der Waals surface area contributed by atoms with Crippen LogP contribution in [-0.2, 0) is 48.5 Å². The topological polar surface area (TPSA) is 77.4 Å². The predicted molar refractivity (Wildman–Crippen MR) is 182 cm³/mol. The van der Waals surface area contributed by atoms with Gasteiger partial charge in [-0.3, -0.25) is 9.97 Å². The Morgan fingerprint density at radius 3 is 1.98 bits per heavy atom. The van der Waals surface area contributed by atoms with E-state index >= 15 is 0 Å². The predicted octanol–water partition coefficient (Wildman–Crippen LogP) is 7.68. The van der Waals surface area contributed by atoms with Crippen LogP contribution in [0.25, 0.3) is 0 Å². The molecule has 6 rings (SSSR count). The molecule has 2 atom stereocenters. The first-order chi connectivity index (χ1) is 22.4. The van der Waals surface area contributed by atoms with Gasteiger partial charge in [0.2, 0.25) is 5.88 Å². The van der Waals surface area contributed by atoms with E-state index in [9.17, 15) is 0 Å². The van der Waals surface area contributed by atoms with E-state index in [4.69, 9.17) is 32.2 Å². The number of hydrogen-bond acceptors (Lipinski definition) is 7. The maximum atomic E-state index is 8.63. The quantitative estimate of drug-likeness (QED) is 0.0864. The van der Waals surface area contributed by atoms with E-state index in [0.717, 1.165) is 33.1 Å². The van der Waals surface area contributed by atoms with Gasteiger partial charge in [-0.2, -0.15) is 35.2 Å². The molecule has 241 valence electrons. The zero-order valence-corrected chi connectivity index (χ0v) is 29.3. The van der Waals surface area contributed by atoms with Crippen molar-refractivity contribution in [3.8, 4) is 11.6 Å². The number of rotatable bonds is 10. The first kappa shape index (κ1) is 35.4. The fourth-order valence-electron chi connectivity index (χ4n) is 5.16. The number of para-hydroxylation sites is 1. The Morgan fingerprint density at radius 1 is 0.681 bits per heavy atom. The van der Waals surface area contributed by atoms with Gasteiger partial charge < -0.3 is 27.2 Å². The van der Waals surface area contributed by atoms with E-state index in [1.54, 1.807) is 36.7 Å². The zero-order valence-electron chi connectivity index (χ0n) is 26.1. The molecule has 6 nitrogen and oxygen atoms in total. The van der Waals surface area contributed by atoms with Gasteiger partial charge in [0.1, 0.15) is 18.0 Å². The normalized spacial score (nSPS) is 13.1. The summed E-state index contributed by atoms with van der Waals surface area (Å²) in [5, 5.41) is 8.63. The first-order valence-corrected chi connectivity index (χ1v) is 15.4. The number of aromatic nitrogens is 3. The Labute approximate surface area is 295 Å². The van der Waals surface area contributed by atoms with Crippen molar-refractivity contribution < 1.29 is 34.7 Å². The summed E-state index contributed by atoms with van der Waals surface area (Å²) < 4.78 is 12.3. The summed E-state index contributed by atoms with van der Waals surface area (Å²) in [7, 11) is 0. The minimum atomic E-state index is -0.931. The molecule has 2 unspecified atom stereocenters. The van der Waals surface area contributed by atoms with Crippen LogP contribution in [0.4, 0.5) is 0 Å². The standard InChI is InChI=1S/C33H30N3O2S.C6H6O.Ir/c1-32(25-13-4-3-5-14-25,26-15-6-7-16-27(26)39)28-18-12-19-30(36-28)33(2,29-17-8-10-21-34-29)38-24-23-37-31-20-9-11-22-35-31;7-6-4-2-1-3-5-6;/h3-13,15-22,39H,23-24H2,1-2H3;1-5,7H;/q-1;;/p-1. The number of benzene rings is 3. The van der Waals surface area contributed by atoms with Crippen LogP contribution >= 0.6 is 0 Å². The van der Waals surface area contributed by atoms with Crippen LogP contribution in [-0.4, -0.2) is 33.3 Å². The summed E-state index contributed by atoms with van der Waals surface area (Å²) in [4.78, 5) is 14.9. The van der Waals surface area contributed by atoms with E-state index in [1.165, 1.54) is 0 Å². The SMILES string of the molecule is CC(OCCOc1ccccn1)(c1ccccn1)c1cccc(C(C)(c2[c-]cccc2)c2ccccc2[S-])n1.Oc1ccccc1.[Ir]. The van der Waals surface area contributed by atoms with Crippen LogP contribution < -0.4 is 4.74 Å². The number of hydrogen-bond donors (Lipinski definition) is 1. The molecule has 0 saturated carbocycles. The average molecular weight is 818 g/mol. The Kier molecular flexibility index (Phi) is 12.7. The second kappa shape index (κ2) is 16.9. The molecule has 3 heterocycles. The third-order valence-electron chi connectivity index (χ3n) is 7.70. The summed E-state index contributed by atoms with van der Waals surface area (Å²) in [6.07, 6.45) is 3.47. The Hall–Kier alpha value is -4.46. The molecule has 0 saturated heterocycles. The van der Waals surface area contributed by atoms with Gasteiger partial charge in [-0.25, -0.2) is 4.98 Å². The van der Waals surface area contributed by atoms with Crippen LogP contribution in [0.15, 0.2) is 151 Å². The number of nitrogens with zero attached hydrogens (tertiary/aromatic N) is 3. The Bertz CT molecular complexity index is 1800. The molecule has 0 aliphatic carbocycles. The van der Waals surface area contributed by atoms with Crippen molar-refractivity contribution in [2.45, 2.75) is 29.8 Å². The van der Waals surface area contributed by atoms with Crippen LogP contribution in [0.2, 0.25) is 0 Å². The van der Waals surface area contributed by atoms with Crippen molar-refractivity contribution in [2.24, 2.45) is 0 Å². The molecule has 1 N–H and O–H groups in total. The molecular weight excluding hydrogens is 783 g/mol. The van der Waals surface area contributed by atoms with Gasteiger partial charge in [0, 0.05) is 44.0 Å². The van der Waals surface area contributed by atoms with Crippen molar-refractivity contribution in [1.29, 1.82) is 0 Å². The molecule has 0 fully saturated rings. The van der Waals surface area contributed by atoms with Crippen LogP contribution in [0.5, 0.6) is 11.6 Å². The van der Waals surface area contributed by atoms with E-state index in [0.29, 0.717) is 24.8 Å². The number of phenols is 1. The Balaban J connectivity index is 0.000000555. The third kappa shape index (κ3) is 8.67. The van der Waals surface area contributed by atoms with E-state index in [2.05, 4.69) is 35.1 Å². The third-order valence-corrected chi connectivity index (χ3v) is 8.05. The van der Waals surface area contributed by atoms with E-state index in [-0.39, 0.29) is 20.1 Å². The average Bonchev–Trinajstić information content (AvgIpc) is 3.12. The summed E-state index contributed by atoms with van der Waals surface area (Å²) >= 11 is 5.80. The van der Waals surface area contributed by atoms with Gasteiger partial charge in [-0.1, -0.05) is 66.2 Å². The Morgan fingerprint density at radius 2 is 1.34 bits per heavy atom. The second-order valence-corrected chi connectivity index (χ2v) is 11.2. The summed E-state index contributed by atoms with van der Waals surface area (Å²) in [5.74, 6) is 0.876. The molecule has 8 heteroatoms. The molecule has 0 aliphatic heterocycles. The molecule has 3 aromatic heterocycles. The van der Waals surface area contributed by atoms with Crippen molar-refractivity contribution in [3.05, 3.63) is 180 Å². The van der Waals surface area contributed by atoms with E-state index in [1.807, 2.05) is 104 Å². The van der Waals surface area contributed by atoms with Crippen molar-refractivity contribution in [1.82, 2.24) is 15.0 Å². The molecule has 0 spiro atoms. The van der Waals surface area contributed by atoms with Crippen molar-refractivity contribution in [2.75, 3.05) is 13.2 Å². The number of ether oxygens (including phenoxy) is 2. The van der Waals surface area contributed by atoms with Crippen LogP contribution in [0.1, 0.15) is 42.1 Å². The molecular formula is C39H35IrN3O3S-2. The van der Waals surface area contributed by atoms with Gasteiger partial charge in [-0.15, -0.1) is 5.56 Å². The van der Waals surface area contributed by atoms with Gasteiger partial charge in [0.05, 0.1) is 23.7 Å². The molecule has 0 amide bonds. The van der Waals surface area contributed by atoms with Crippen LogP contribution in [0.3, 0.4) is 0 Å². The van der Waals surface area contributed by atoms with Crippen molar-refractivity contribution in [3.63, 3.8) is 0 Å². The number of phenolic OH excluding ortho intramolecular Hbond substituents is 1. The van der Waals surface area contributed by atoms with Gasteiger partial charge in [0.25, 0.3) is 0 Å². The largest absolute Gasteiger partial charge is 0.779 e. The van der Waals surface area contributed by atoms with E-state index < -0.39 is 11.0 Å². The van der Waals surface area contributed by atoms with Crippen LogP contribution in [0, 0.1) is 6.07 Å². The first-order valence-electron chi connectivity index (χ1n) is 15.0. The number of aromatic hydroxyl groups is 1. The smallest absolute Gasteiger partial charge is 0.213 e. The molecule has 0 aliphatic rings. The molecule has 1 radical (unpaired) electrons. The zero-order chi connectivity index (χ0) is 32.2. The van der Waals surface area contributed by atoms with Crippen molar-refractivity contribution >= 4 is 12.6 Å². The summed E-state index contributed by atoms with van der Waals surface area (Å²) in [6.45, 7) is 4.79. The number of pyridine rings is 3. The molecule has 6 aromatic rings. The monoisotopic (exact) mass is 818 g/mol. The fourth-order valence-corrected chi connectivity index (χ4v) is 5.51. The summed E-state index contributed by atoms with van der Waals surface area (Å²) in [6, 6.07) is 45.5. The van der Waals surface area contributed by atoms with Gasteiger partial charge >= 0.3 is 0 Å². The molecule has 3 aromatic carbocycles. The fraction of sp³-hybridized carbons (Fsp3) is 0.154. The van der Waals surface area contributed by atoms with Gasteiger partial charge in [-0.05, 0) is 56.3 Å². The van der Waals surface area contributed by atoms with Gasteiger partial charge in [0.15, 0.2) is 0 Å². The maximum absolute atomic E-state index is 8.63. The minimum absolute atomic E-state index is 0. The summed E-state index contributed by atoms with van der Waals surface area (Å²) in [5.41, 5.74) is 2.75. The maximum Gasteiger partial charge on any atom is 0.213 e. The second-order valence-electron chi connectivity index (χ2n) is 10.8. The minimum Gasteiger partial charge on any atom is -0.779 e. The molecule has 0 bridgehead atoms. The molecule has 47 heavy (non-hydrogen) atoms.